The van der Waals surface area contributed by atoms with Crippen LogP contribution in [0.5, 0.6) is 11.5 Å². The molecule has 3 aromatic rings. The SMILES string of the molecule is COc1cccc(/C=C(\C#N)C(=O)Nc2cccc(I)c2)c1OCc1ccccc1Cl. The van der Waals surface area contributed by atoms with Gasteiger partial charge in [-0.05, 0) is 59.0 Å². The fourth-order valence-electron chi connectivity index (χ4n) is 2.80. The molecule has 0 saturated carbocycles. The number of benzene rings is 3. The highest BCUT2D eigenvalue weighted by atomic mass is 127. The van der Waals surface area contributed by atoms with Crippen molar-refractivity contribution >= 4 is 51.9 Å². The molecule has 0 atom stereocenters. The van der Waals surface area contributed by atoms with E-state index in [0.717, 1.165) is 9.13 Å². The Labute approximate surface area is 199 Å². The van der Waals surface area contributed by atoms with Gasteiger partial charge in [-0.15, -0.1) is 0 Å². The van der Waals surface area contributed by atoms with Gasteiger partial charge >= 0.3 is 0 Å². The second-order valence-corrected chi connectivity index (χ2v) is 8.05. The minimum absolute atomic E-state index is 0.0605. The standard InChI is InChI=1S/C24H18ClIN2O3/c1-30-22-11-4-7-16(23(22)31-15-17-6-2-3-10-21(17)25)12-18(14-27)24(29)28-20-9-5-8-19(26)13-20/h2-13H,15H2,1H3,(H,28,29)/b18-12+. The Balaban J connectivity index is 1.89. The summed E-state index contributed by atoms with van der Waals surface area (Å²) in [7, 11) is 1.53. The summed E-state index contributed by atoms with van der Waals surface area (Å²) in [6.45, 7) is 0.206. The molecule has 0 aliphatic heterocycles. The molecule has 0 aliphatic carbocycles. The summed E-state index contributed by atoms with van der Waals surface area (Å²) in [5, 5.41) is 12.9. The van der Waals surface area contributed by atoms with Gasteiger partial charge in [-0.25, -0.2) is 0 Å². The molecule has 7 heteroatoms. The molecular formula is C24H18ClIN2O3. The van der Waals surface area contributed by atoms with Crippen molar-refractivity contribution < 1.29 is 14.3 Å². The molecule has 3 rings (SSSR count). The van der Waals surface area contributed by atoms with Crippen molar-refractivity contribution in [2.24, 2.45) is 0 Å². The lowest BCUT2D eigenvalue weighted by Crippen LogP contribution is -2.13. The number of amides is 1. The number of anilines is 1. The number of carbonyl (C=O) groups excluding carboxylic acids is 1. The Morgan fingerprint density at radius 1 is 1.16 bits per heavy atom. The molecule has 3 aromatic carbocycles. The highest BCUT2D eigenvalue weighted by Crippen LogP contribution is 2.34. The van der Waals surface area contributed by atoms with Crippen LogP contribution >= 0.6 is 34.2 Å². The lowest BCUT2D eigenvalue weighted by molar-refractivity contribution is -0.112. The summed E-state index contributed by atoms with van der Waals surface area (Å²) in [6.07, 6.45) is 1.48. The second-order valence-electron chi connectivity index (χ2n) is 6.39. The van der Waals surface area contributed by atoms with Crippen molar-refractivity contribution in [1.82, 2.24) is 0 Å². The molecule has 0 saturated heterocycles. The predicted octanol–water partition coefficient (Wildman–Crippen LogP) is 6.08. The zero-order chi connectivity index (χ0) is 22.2. The first-order valence-electron chi connectivity index (χ1n) is 9.23. The number of rotatable bonds is 7. The van der Waals surface area contributed by atoms with Gasteiger partial charge in [0.15, 0.2) is 11.5 Å². The first kappa shape index (κ1) is 22.7. The van der Waals surface area contributed by atoms with E-state index >= 15 is 0 Å². The average Bonchev–Trinajstić information content (AvgIpc) is 2.77. The summed E-state index contributed by atoms with van der Waals surface area (Å²) < 4.78 is 12.4. The molecule has 156 valence electrons. The molecule has 0 spiro atoms. The third-order valence-corrected chi connectivity index (χ3v) is 5.35. The van der Waals surface area contributed by atoms with E-state index in [2.05, 4.69) is 27.9 Å². The van der Waals surface area contributed by atoms with E-state index in [0.29, 0.717) is 27.8 Å². The van der Waals surface area contributed by atoms with Crippen LogP contribution in [0.3, 0.4) is 0 Å². The van der Waals surface area contributed by atoms with Crippen molar-refractivity contribution in [3.05, 3.63) is 92.0 Å². The molecule has 0 heterocycles. The number of hydrogen-bond donors (Lipinski definition) is 1. The molecule has 1 N–H and O–H groups in total. The van der Waals surface area contributed by atoms with E-state index in [1.54, 1.807) is 30.3 Å². The van der Waals surface area contributed by atoms with Crippen LogP contribution in [0.25, 0.3) is 6.08 Å². The smallest absolute Gasteiger partial charge is 0.266 e. The summed E-state index contributed by atoms with van der Waals surface area (Å²) in [4.78, 5) is 12.7. The van der Waals surface area contributed by atoms with E-state index in [9.17, 15) is 10.1 Å². The van der Waals surface area contributed by atoms with Crippen LogP contribution < -0.4 is 14.8 Å². The topological polar surface area (TPSA) is 71.3 Å². The Morgan fingerprint density at radius 3 is 2.65 bits per heavy atom. The molecule has 5 nitrogen and oxygen atoms in total. The summed E-state index contributed by atoms with van der Waals surface area (Å²) >= 11 is 8.38. The number of nitrogens with one attached hydrogen (secondary N) is 1. The summed E-state index contributed by atoms with van der Waals surface area (Å²) in [6, 6.07) is 21.9. The van der Waals surface area contributed by atoms with Crippen LogP contribution in [0.4, 0.5) is 5.69 Å². The van der Waals surface area contributed by atoms with Crippen molar-refractivity contribution in [2.45, 2.75) is 6.61 Å². The predicted molar refractivity (Wildman–Crippen MR) is 130 cm³/mol. The Morgan fingerprint density at radius 2 is 1.94 bits per heavy atom. The van der Waals surface area contributed by atoms with Gasteiger partial charge in [0.05, 0.1) is 7.11 Å². The van der Waals surface area contributed by atoms with Gasteiger partial charge in [0.1, 0.15) is 18.2 Å². The Bertz CT molecular complexity index is 1170. The first-order valence-corrected chi connectivity index (χ1v) is 10.7. The monoisotopic (exact) mass is 544 g/mol. The lowest BCUT2D eigenvalue weighted by atomic mass is 10.1. The van der Waals surface area contributed by atoms with Crippen LogP contribution in [0.1, 0.15) is 11.1 Å². The molecule has 1 amide bonds. The van der Waals surface area contributed by atoms with Gasteiger partial charge < -0.3 is 14.8 Å². The van der Waals surface area contributed by atoms with Crippen LogP contribution in [0, 0.1) is 14.9 Å². The number of hydrogen-bond acceptors (Lipinski definition) is 4. The van der Waals surface area contributed by atoms with E-state index < -0.39 is 5.91 Å². The Kier molecular flexibility index (Phi) is 7.93. The van der Waals surface area contributed by atoms with Crippen molar-refractivity contribution in [2.75, 3.05) is 12.4 Å². The maximum Gasteiger partial charge on any atom is 0.266 e. The van der Waals surface area contributed by atoms with Crippen molar-refractivity contribution in [1.29, 1.82) is 5.26 Å². The van der Waals surface area contributed by atoms with E-state index in [-0.39, 0.29) is 12.2 Å². The molecule has 0 fully saturated rings. The maximum atomic E-state index is 12.7. The normalized spacial score (nSPS) is 10.8. The van der Waals surface area contributed by atoms with Crippen LogP contribution in [0.2, 0.25) is 5.02 Å². The van der Waals surface area contributed by atoms with Gasteiger partial charge in [-0.1, -0.05) is 48.0 Å². The molecular weight excluding hydrogens is 527 g/mol. The highest BCUT2D eigenvalue weighted by molar-refractivity contribution is 14.1. The van der Waals surface area contributed by atoms with E-state index in [4.69, 9.17) is 21.1 Å². The quantitative estimate of drug-likeness (QED) is 0.222. The van der Waals surface area contributed by atoms with Gasteiger partial charge in [0.25, 0.3) is 5.91 Å². The fraction of sp³-hybridized carbons (Fsp3) is 0.0833. The van der Waals surface area contributed by atoms with Crippen LogP contribution in [-0.2, 0) is 11.4 Å². The van der Waals surface area contributed by atoms with Crippen LogP contribution in [0.15, 0.2) is 72.3 Å². The maximum absolute atomic E-state index is 12.7. The number of nitriles is 1. The zero-order valence-electron chi connectivity index (χ0n) is 16.6. The number of nitrogens with zero attached hydrogens (tertiary/aromatic N) is 1. The lowest BCUT2D eigenvalue weighted by Gasteiger charge is -2.14. The average molecular weight is 545 g/mol. The third-order valence-electron chi connectivity index (χ3n) is 4.31. The van der Waals surface area contributed by atoms with E-state index in [1.807, 2.05) is 42.5 Å². The van der Waals surface area contributed by atoms with Crippen LogP contribution in [-0.4, -0.2) is 13.0 Å². The van der Waals surface area contributed by atoms with Gasteiger partial charge in [-0.3, -0.25) is 4.79 Å². The molecule has 31 heavy (non-hydrogen) atoms. The summed E-state index contributed by atoms with van der Waals surface area (Å²) in [5.41, 5.74) is 1.90. The van der Waals surface area contributed by atoms with Crippen molar-refractivity contribution in [3.8, 4) is 17.6 Å². The number of carbonyl (C=O) groups is 1. The van der Waals surface area contributed by atoms with Gasteiger partial charge in [0.2, 0.25) is 0 Å². The number of para-hydroxylation sites is 1. The highest BCUT2D eigenvalue weighted by Gasteiger charge is 2.15. The molecule has 0 bridgehead atoms. The minimum Gasteiger partial charge on any atom is -0.493 e. The fourth-order valence-corrected chi connectivity index (χ4v) is 3.53. The number of ether oxygens (including phenoxy) is 2. The molecule has 0 radical (unpaired) electrons. The minimum atomic E-state index is -0.510. The third kappa shape index (κ3) is 6.00. The van der Waals surface area contributed by atoms with Crippen molar-refractivity contribution in [3.63, 3.8) is 0 Å². The van der Waals surface area contributed by atoms with Gasteiger partial charge in [-0.2, -0.15) is 5.26 Å². The van der Waals surface area contributed by atoms with Gasteiger partial charge in [0, 0.05) is 25.4 Å². The zero-order valence-corrected chi connectivity index (χ0v) is 19.5. The molecule has 0 aliphatic rings. The largest absolute Gasteiger partial charge is 0.493 e. The first-order chi connectivity index (χ1) is 15.0. The van der Waals surface area contributed by atoms with E-state index in [1.165, 1.54) is 13.2 Å². The molecule has 0 unspecified atom stereocenters. The Hall–Kier alpha value is -3.02. The summed E-state index contributed by atoms with van der Waals surface area (Å²) in [5.74, 6) is 0.389. The number of methoxy groups -OCH3 is 1. The molecule has 0 aromatic heterocycles. The second kappa shape index (κ2) is 10.8. The number of halogens is 2.